The van der Waals surface area contributed by atoms with Gasteiger partial charge in [0.1, 0.15) is 0 Å². The molecule has 0 saturated carbocycles. The Hall–Kier alpha value is -1.75. The van der Waals surface area contributed by atoms with Crippen molar-refractivity contribution in [3.63, 3.8) is 0 Å². The van der Waals surface area contributed by atoms with E-state index in [-0.39, 0.29) is 0 Å². The summed E-state index contributed by atoms with van der Waals surface area (Å²) in [5, 5.41) is 12.1. The molecule has 0 amide bonds. The first kappa shape index (κ1) is 9.79. The van der Waals surface area contributed by atoms with Crippen molar-refractivity contribution in [2.24, 2.45) is 5.73 Å². The Bertz CT molecular complexity index is 440. The van der Waals surface area contributed by atoms with Gasteiger partial charge in [0.05, 0.1) is 11.2 Å². The number of hydrogen-bond donors (Lipinski definition) is 1. The molecule has 15 heavy (non-hydrogen) atoms. The summed E-state index contributed by atoms with van der Waals surface area (Å²) < 4.78 is 0. The molecule has 0 aliphatic heterocycles. The molecule has 1 aromatic carbocycles. The molecule has 0 radical (unpaired) electrons. The van der Waals surface area contributed by atoms with E-state index in [1.54, 1.807) is 0 Å². The molecule has 1 aromatic heterocycles. The summed E-state index contributed by atoms with van der Waals surface area (Å²) in [5.41, 5.74) is 6.18. The van der Waals surface area contributed by atoms with E-state index in [4.69, 9.17) is 5.73 Å². The smallest absolute Gasteiger partial charge is 0.194 e. The first-order chi connectivity index (χ1) is 7.07. The molecular weight excluding hydrogens is 190 g/mol. The zero-order valence-electron chi connectivity index (χ0n) is 8.75. The molecule has 0 saturated heterocycles. The number of rotatable bonds is 2. The molecule has 1 heterocycles. The minimum atomic E-state index is -0.562. The Morgan fingerprint density at radius 2 is 1.87 bits per heavy atom. The van der Waals surface area contributed by atoms with E-state index >= 15 is 0 Å². The topological polar surface area (TPSA) is 69.6 Å². The van der Waals surface area contributed by atoms with Crippen LogP contribution in [0.3, 0.4) is 0 Å². The number of para-hydroxylation sites is 1. The van der Waals surface area contributed by atoms with Crippen molar-refractivity contribution in [1.82, 2.24) is 20.2 Å². The summed E-state index contributed by atoms with van der Waals surface area (Å²) >= 11 is 0. The van der Waals surface area contributed by atoms with Gasteiger partial charge in [-0.25, -0.2) is 0 Å². The summed E-state index contributed by atoms with van der Waals surface area (Å²) in [6, 6.07) is 9.61. The maximum Gasteiger partial charge on any atom is 0.194 e. The van der Waals surface area contributed by atoms with Crippen LogP contribution in [0.4, 0.5) is 0 Å². The third kappa shape index (κ3) is 2.02. The minimum absolute atomic E-state index is 0.534. The molecule has 78 valence electrons. The SMILES string of the molecule is CC(C)(N)c1nnn(-c2ccccc2)n1. The van der Waals surface area contributed by atoms with Crippen molar-refractivity contribution in [1.29, 1.82) is 0 Å². The van der Waals surface area contributed by atoms with Gasteiger partial charge >= 0.3 is 0 Å². The average molecular weight is 203 g/mol. The molecule has 2 rings (SSSR count). The van der Waals surface area contributed by atoms with Crippen LogP contribution in [0.2, 0.25) is 0 Å². The van der Waals surface area contributed by atoms with E-state index in [2.05, 4.69) is 15.4 Å². The second kappa shape index (κ2) is 3.43. The fraction of sp³-hybridized carbons (Fsp3) is 0.300. The lowest BCUT2D eigenvalue weighted by Gasteiger charge is -2.11. The summed E-state index contributed by atoms with van der Waals surface area (Å²) in [7, 11) is 0. The lowest BCUT2D eigenvalue weighted by atomic mass is 10.1. The number of tetrazole rings is 1. The Balaban J connectivity index is 2.37. The highest BCUT2D eigenvalue weighted by Crippen LogP contribution is 2.11. The van der Waals surface area contributed by atoms with E-state index in [0.29, 0.717) is 5.82 Å². The normalized spacial score (nSPS) is 11.7. The lowest BCUT2D eigenvalue weighted by molar-refractivity contribution is 0.512. The number of nitrogens with two attached hydrogens (primary N) is 1. The molecule has 0 unspecified atom stereocenters. The molecule has 5 heteroatoms. The third-order valence-electron chi connectivity index (χ3n) is 1.98. The van der Waals surface area contributed by atoms with Crippen molar-refractivity contribution < 1.29 is 0 Å². The van der Waals surface area contributed by atoms with Crippen molar-refractivity contribution in [3.05, 3.63) is 36.2 Å². The molecule has 5 nitrogen and oxygen atoms in total. The second-order valence-corrected chi connectivity index (χ2v) is 3.96. The highest BCUT2D eigenvalue weighted by atomic mass is 15.6. The summed E-state index contributed by atoms with van der Waals surface area (Å²) in [6.07, 6.45) is 0. The van der Waals surface area contributed by atoms with Crippen molar-refractivity contribution in [2.75, 3.05) is 0 Å². The Labute approximate surface area is 87.9 Å². The minimum Gasteiger partial charge on any atom is -0.319 e. The van der Waals surface area contributed by atoms with Crippen LogP contribution in [-0.4, -0.2) is 20.2 Å². The van der Waals surface area contributed by atoms with Crippen LogP contribution in [0.5, 0.6) is 0 Å². The van der Waals surface area contributed by atoms with Gasteiger partial charge in [0.25, 0.3) is 0 Å². The first-order valence-corrected chi connectivity index (χ1v) is 4.72. The van der Waals surface area contributed by atoms with Gasteiger partial charge in [-0.15, -0.1) is 15.0 Å². The lowest BCUT2D eigenvalue weighted by Crippen LogP contribution is -2.30. The number of benzene rings is 1. The second-order valence-electron chi connectivity index (χ2n) is 3.96. The number of aromatic nitrogens is 4. The number of hydrogen-bond acceptors (Lipinski definition) is 4. The zero-order chi connectivity index (χ0) is 10.9. The van der Waals surface area contributed by atoms with Crippen LogP contribution in [0.15, 0.2) is 30.3 Å². The van der Waals surface area contributed by atoms with Gasteiger partial charge in [-0.05, 0) is 31.2 Å². The molecule has 0 atom stereocenters. The van der Waals surface area contributed by atoms with Gasteiger partial charge in [-0.1, -0.05) is 18.2 Å². The maximum absolute atomic E-state index is 5.87. The summed E-state index contributed by atoms with van der Waals surface area (Å²) in [5.74, 6) is 0.534. The first-order valence-electron chi connectivity index (χ1n) is 4.72. The molecule has 0 bridgehead atoms. The van der Waals surface area contributed by atoms with Crippen LogP contribution in [0, 0.1) is 0 Å². The van der Waals surface area contributed by atoms with Crippen molar-refractivity contribution in [2.45, 2.75) is 19.4 Å². The highest BCUT2D eigenvalue weighted by molar-refractivity contribution is 5.28. The van der Waals surface area contributed by atoms with E-state index in [1.807, 2.05) is 44.2 Å². The van der Waals surface area contributed by atoms with E-state index in [0.717, 1.165) is 5.69 Å². The molecule has 0 aliphatic carbocycles. The molecule has 2 aromatic rings. The molecule has 0 spiro atoms. The fourth-order valence-corrected chi connectivity index (χ4v) is 1.14. The van der Waals surface area contributed by atoms with Crippen molar-refractivity contribution >= 4 is 0 Å². The fourth-order valence-electron chi connectivity index (χ4n) is 1.14. The van der Waals surface area contributed by atoms with Gasteiger partial charge in [0.15, 0.2) is 5.82 Å². The average Bonchev–Trinajstić information content (AvgIpc) is 2.67. The van der Waals surface area contributed by atoms with E-state index in [9.17, 15) is 0 Å². The Kier molecular flexibility index (Phi) is 2.24. The molecule has 2 N–H and O–H groups in total. The molecule has 0 aliphatic rings. The van der Waals surface area contributed by atoms with Gasteiger partial charge in [0, 0.05) is 0 Å². The van der Waals surface area contributed by atoms with Crippen LogP contribution in [0.1, 0.15) is 19.7 Å². The van der Waals surface area contributed by atoms with Gasteiger partial charge in [0.2, 0.25) is 0 Å². The van der Waals surface area contributed by atoms with Gasteiger partial charge in [-0.3, -0.25) is 0 Å². The molecular formula is C10H13N5. The van der Waals surface area contributed by atoms with Gasteiger partial charge < -0.3 is 5.73 Å². The molecule has 0 fully saturated rings. The van der Waals surface area contributed by atoms with Crippen molar-refractivity contribution in [3.8, 4) is 5.69 Å². The summed E-state index contributed by atoms with van der Waals surface area (Å²) in [6.45, 7) is 3.69. The number of nitrogens with zero attached hydrogens (tertiary/aromatic N) is 4. The van der Waals surface area contributed by atoms with Crippen LogP contribution >= 0.6 is 0 Å². The Morgan fingerprint density at radius 3 is 2.40 bits per heavy atom. The zero-order valence-corrected chi connectivity index (χ0v) is 8.75. The summed E-state index contributed by atoms with van der Waals surface area (Å²) in [4.78, 5) is 1.48. The Morgan fingerprint density at radius 1 is 1.20 bits per heavy atom. The predicted molar refractivity (Wildman–Crippen MR) is 56.4 cm³/mol. The standard InChI is InChI=1S/C10H13N5/c1-10(2,11)9-12-14-15(13-9)8-6-4-3-5-7-8/h3-7H,11H2,1-2H3. The highest BCUT2D eigenvalue weighted by Gasteiger charge is 2.20. The van der Waals surface area contributed by atoms with E-state index < -0.39 is 5.54 Å². The predicted octanol–water partition coefficient (Wildman–Crippen LogP) is 0.856. The van der Waals surface area contributed by atoms with Crippen LogP contribution in [0.25, 0.3) is 5.69 Å². The quantitative estimate of drug-likeness (QED) is 0.785. The van der Waals surface area contributed by atoms with Crippen LogP contribution < -0.4 is 5.73 Å². The monoisotopic (exact) mass is 203 g/mol. The van der Waals surface area contributed by atoms with E-state index in [1.165, 1.54) is 4.80 Å². The third-order valence-corrected chi connectivity index (χ3v) is 1.98. The maximum atomic E-state index is 5.87. The largest absolute Gasteiger partial charge is 0.319 e. The van der Waals surface area contributed by atoms with Gasteiger partial charge in [-0.2, -0.15) is 0 Å². The van der Waals surface area contributed by atoms with Crippen LogP contribution in [-0.2, 0) is 5.54 Å².